The van der Waals surface area contributed by atoms with Crippen molar-refractivity contribution in [3.8, 4) is 0 Å². The number of hydrogen-bond acceptors (Lipinski definition) is 6. The van der Waals surface area contributed by atoms with Crippen LogP contribution in [0.3, 0.4) is 0 Å². The maximum Gasteiger partial charge on any atom is 0.261 e. The second-order valence-electron chi connectivity index (χ2n) is 9.25. The van der Waals surface area contributed by atoms with E-state index in [0.29, 0.717) is 29.6 Å². The molecule has 0 aromatic heterocycles. The topological polar surface area (TPSA) is 159 Å². The van der Waals surface area contributed by atoms with Crippen LogP contribution in [-0.4, -0.2) is 55.5 Å². The maximum atomic E-state index is 13.8. The molecule has 4 rings (SSSR count). The third-order valence-corrected chi connectivity index (χ3v) is 8.41. The molecule has 194 valence electrons. The molecule has 0 aliphatic carbocycles. The minimum atomic E-state index is -4.28. The minimum Gasteiger partial charge on any atom is -0.384 e. The van der Waals surface area contributed by atoms with Crippen molar-refractivity contribution in [2.75, 3.05) is 13.1 Å². The first-order chi connectivity index (χ1) is 17.7. The van der Waals surface area contributed by atoms with Gasteiger partial charge in [0.25, 0.3) is 5.91 Å². The Labute approximate surface area is 216 Å². The van der Waals surface area contributed by atoms with Gasteiger partial charge in [-0.15, -0.1) is 0 Å². The Balaban J connectivity index is 1.62. The monoisotopic (exact) mass is 521 g/mol. The highest BCUT2D eigenvalue weighted by atomic mass is 32.2. The Hall–Kier alpha value is -3.76. The van der Waals surface area contributed by atoms with Crippen molar-refractivity contribution in [2.45, 2.75) is 42.0 Å². The lowest BCUT2D eigenvalue weighted by molar-refractivity contribution is -0.135. The van der Waals surface area contributed by atoms with Gasteiger partial charge in [-0.25, -0.2) is 8.42 Å². The van der Waals surface area contributed by atoms with E-state index in [9.17, 15) is 18.0 Å². The summed E-state index contributed by atoms with van der Waals surface area (Å²) in [4.78, 5) is 28.0. The molecule has 0 saturated carbocycles. The number of nitrogens with two attached hydrogens (primary N) is 2. The van der Waals surface area contributed by atoms with Gasteiger partial charge in [0.2, 0.25) is 21.1 Å². The normalized spacial score (nSPS) is 15.6. The number of amides is 2. The Morgan fingerprint density at radius 1 is 0.946 bits per heavy atom. The number of nitrogens with one attached hydrogen (secondary N) is 2. The molecule has 3 aromatic carbocycles. The van der Waals surface area contributed by atoms with Gasteiger partial charge in [0.15, 0.2) is 0 Å². The molecule has 2 amide bonds. The first kappa shape index (κ1) is 26.3. The zero-order valence-corrected chi connectivity index (χ0v) is 21.2. The van der Waals surface area contributed by atoms with Crippen LogP contribution in [0.2, 0.25) is 0 Å². The summed E-state index contributed by atoms with van der Waals surface area (Å²) < 4.78 is 27.5. The fourth-order valence-corrected chi connectivity index (χ4v) is 5.99. The van der Waals surface area contributed by atoms with Gasteiger partial charge in [-0.05, 0) is 60.2 Å². The Bertz CT molecular complexity index is 1430. The van der Waals surface area contributed by atoms with Gasteiger partial charge in [-0.3, -0.25) is 15.0 Å². The summed E-state index contributed by atoms with van der Waals surface area (Å²) in [5.41, 5.74) is 12.8. The van der Waals surface area contributed by atoms with Crippen molar-refractivity contribution in [1.82, 2.24) is 10.2 Å². The Kier molecular flexibility index (Phi) is 7.89. The Morgan fingerprint density at radius 3 is 2.35 bits per heavy atom. The molecule has 9 nitrogen and oxygen atoms in total. The number of likely N-dealkylation sites (tertiary alicyclic amines) is 1. The molecule has 1 aliphatic heterocycles. The molecule has 3 aromatic rings. The van der Waals surface area contributed by atoms with E-state index in [0.717, 1.165) is 24.6 Å². The van der Waals surface area contributed by atoms with Crippen LogP contribution in [-0.2, 0) is 25.8 Å². The number of benzene rings is 3. The number of hydrogen-bond donors (Lipinski definition) is 4. The number of nitrogens with zero attached hydrogens (tertiary/aromatic N) is 1. The highest BCUT2D eigenvalue weighted by Gasteiger charge is 2.39. The number of carbonyl (C=O) groups is 2. The predicted molar refractivity (Wildman–Crippen MR) is 143 cm³/mol. The van der Waals surface area contributed by atoms with E-state index in [1.807, 2.05) is 12.1 Å². The van der Waals surface area contributed by atoms with Crippen molar-refractivity contribution < 1.29 is 18.0 Å². The smallest absolute Gasteiger partial charge is 0.261 e. The van der Waals surface area contributed by atoms with Crippen molar-refractivity contribution in [3.63, 3.8) is 0 Å². The summed E-state index contributed by atoms with van der Waals surface area (Å²) in [6.45, 7) is 0.866. The predicted octanol–water partition coefficient (Wildman–Crippen LogP) is 1.92. The van der Waals surface area contributed by atoms with Gasteiger partial charge >= 0.3 is 0 Å². The molecule has 6 N–H and O–H groups in total. The average molecular weight is 522 g/mol. The average Bonchev–Trinajstić information content (AvgIpc) is 2.91. The largest absolute Gasteiger partial charge is 0.384 e. The van der Waals surface area contributed by atoms with Gasteiger partial charge in [0.05, 0.1) is 10.9 Å². The molecule has 37 heavy (non-hydrogen) atoms. The van der Waals surface area contributed by atoms with E-state index >= 15 is 0 Å². The molecular formula is C27H31N5O4S. The lowest BCUT2D eigenvalue weighted by Gasteiger charge is -2.31. The van der Waals surface area contributed by atoms with Crippen molar-refractivity contribution in [1.29, 1.82) is 5.41 Å². The fourth-order valence-electron chi connectivity index (χ4n) is 4.48. The second kappa shape index (κ2) is 11.1. The van der Waals surface area contributed by atoms with Crippen LogP contribution in [0, 0.1) is 5.41 Å². The molecule has 0 bridgehead atoms. The van der Waals surface area contributed by atoms with E-state index in [1.165, 1.54) is 17.0 Å². The fraction of sp³-hybridized carbons (Fsp3) is 0.296. The maximum absolute atomic E-state index is 13.8. The third-order valence-electron chi connectivity index (χ3n) is 6.56. The number of nitrogen functional groups attached to an aromatic ring is 1. The Morgan fingerprint density at radius 2 is 1.65 bits per heavy atom. The van der Waals surface area contributed by atoms with E-state index in [1.54, 1.807) is 42.5 Å². The highest BCUT2D eigenvalue weighted by molar-refractivity contribution is 7.92. The lowest BCUT2D eigenvalue weighted by atomic mass is 10.0. The van der Waals surface area contributed by atoms with E-state index in [4.69, 9.17) is 16.9 Å². The molecule has 0 spiro atoms. The van der Waals surface area contributed by atoms with Crippen LogP contribution in [0.1, 0.15) is 30.4 Å². The number of fused-ring (bicyclic) bond motifs is 1. The molecule has 1 saturated heterocycles. The summed E-state index contributed by atoms with van der Waals surface area (Å²) in [6.07, 6.45) is 2.58. The molecule has 1 aliphatic rings. The van der Waals surface area contributed by atoms with Crippen LogP contribution in [0.15, 0.2) is 71.6 Å². The molecule has 1 heterocycles. The number of carbonyl (C=O) groups excluding carboxylic acids is 2. The number of rotatable bonds is 8. The summed E-state index contributed by atoms with van der Waals surface area (Å²) in [5.74, 6) is -1.53. The van der Waals surface area contributed by atoms with Gasteiger partial charge in [0, 0.05) is 18.7 Å². The van der Waals surface area contributed by atoms with E-state index in [2.05, 4.69) is 5.32 Å². The van der Waals surface area contributed by atoms with Gasteiger partial charge in [0.1, 0.15) is 5.84 Å². The number of piperidine rings is 1. The van der Waals surface area contributed by atoms with Crippen LogP contribution >= 0.6 is 0 Å². The first-order valence-corrected chi connectivity index (χ1v) is 13.7. The van der Waals surface area contributed by atoms with Crippen LogP contribution < -0.4 is 16.8 Å². The van der Waals surface area contributed by atoms with Crippen LogP contribution in [0.5, 0.6) is 0 Å². The van der Waals surface area contributed by atoms with Crippen LogP contribution in [0.25, 0.3) is 10.8 Å². The summed E-state index contributed by atoms with van der Waals surface area (Å²) >= 11 is 0. The zero-order chi connectivity index (χ0) is 26.6. The summed E-state index contributed by atoms with van der Waals surface area (Å²) in [5, 5.41) is 9.82. The molecule has 1 unspecified atom stereocenters. The second-order valence-corrected chi connectivity index (χ2v) is 11.3. The molecule has 1 fully saturated rings. The third kappa shape index (κ3) is 5.98. The molecule has 10 heteroatoms. The van der Waals surface area contributed by atoms with E-state index in [-0.39, 0.29) is 17.2 Å². The van der Waals surface area contributed by atoms with Crippen molar-refractivity contribution in [2.24, 2.45) is 11.5 Å². The highest BCUT2D eigenvalue weighted by Crippen LogP contribution is 2.23. The lowest BCUT2D eigenvalue weighted by Crippen LogP contribution is -2.56. The summed E-state index contributed by atoms with van der Waals surface area (Å²) in [7, 11) is -4.28. The first-order valence-electron chi connectivity index (χ1n) is 12.2. The molecule has 2 atom stereocenters. The molecule has 0 radical (unpaired) electrons. The minimum absolute atomic E-state index is 0.0513. The quantitative estimate of drug-likeness (QED) is 0.262. The molecular weight excluding hydrogens is 490 g/mol. The number of amidine groups is 1. The van der Waals surface area contributed by atoms with E-state index < -0.39 is 33.1 Å². The standard InChI is InChI=1S/C27H31N5O4S/c28-23(16-18-7-6-10-21(15-18)24(29)30)25(33)31-26(27(34)32-13-4-1-5-14-32)37(35,36)22-12-11-19-8-2-3-9-20(19)17-22/h2-3,6-12,15,17,23,26H,1,4-5,13-14,16,28H2,(H3,29,30)(H,31,33)/t23-,26?/m0/s1. The summed E-state index contributed by atoms with van der Waals surface area (Å²) in [6, 6.07) is 17.6. The van der Waals surface area contributed by atoms with Crippen molar-refractivity contribution in [3.05, 3.63) is 77.9 Å². The van der Waals surface area contributed by atoms with Gasteiger partial charge < -0.3 is 21.7 Å². The SMILES string of the molecule is N=C(N)c1cccc(C[C@H](N)C(=O)NC(C(=O)N2CCCCC2)S(=O)(=O)c2ccc3ccccc3c2)c1. The van der Waals surface area contributed by atoms with Gasteiger partial charge in [-0.2, -0.15) is 0 Å². The van der Waals surface area contributed by atoms with Crippen LogP contribution in [0.4, 0.5) is 0 Å². The van der Waals surface area contributed by atoms with Crippen molar-refractivity contribution >= 4 is 38.3 Å². The zero-order valence-electron chi connectivity index (χ0n) is 20.4. The number of sulfone groups is 1. The van der Waals surface area contributed by atoms with Gasteiger partial charge in [-0.1, -0.05) is 48.5 Å².